The molecule has 32 heavy (non-hydrogen) atoms. The van der Waals surface area contributed by atoms with Gasteiger partial charge in [0.15, 0.2) is 0 Å². The van der Waals surface area contributed by atoms with Gasteiger partial charge in [0, 0.05) is 22.5 Å². The van der Waals surface area contributed by atoms with E-state index in [1.807, 2.05) is 18.2 Å². The number of hydrogen-bond acceptors (Lipinski definition) is 3. The minimum absolute atomic E-state index is 0.116. The van der Waals surface area contributed by atoms with Gasteiger partial charge in [-0.25, -0.2) is 0 Å². The van der Waals surface area contributed by atoms with Crippen LogP contribution in [-0.2, 0) is 5.41 Å². The SMILES string of the molecule is CC(C)(C)c1ccc(N2c3cccc4c3B3c5c(cccc5Oc5cccc2c53)O4)cc1. The fraction of sp³-hybridized carbons (Fsp3) is 0.143. The summed E-state index contributed by atoms with van der Waals surface area (Å²) in [6.45, 7) is 6.86. The Bertz CT molecular complexity index is 1340. The van der Waals surface area contributed by atoms with Gasteiger partial charge in [0.2, 0.25) is 0 Å². The lowest BCUT2D eigenvalue weighted by Gasteiger charge is -2.42. The lowest BCUT2D eigenvalue weighted by Crippen LogP contribution is -2.61. The lowest BCUT2D eigenvalue weighted by molar-refractivity contribution is 0.464. The van der Waals surface area contributed by atoms with Gasteiger partial charge in [-0.05, 0) is 70.4 Å². The summed E-state index contributed by atoms with van der Waals surface area (Å²) in [5.74, 6) is 3.63. The average Bonchev–Trinajstić information content (AvgIpc) is 2.79. The van der Waals surface area contributed by atoms with Crippen LogP contribution >= 0.6 is 0 Å². The van der Waals surface area contributed by atoms with Gasteiger partial charge in [0.1, 0.15) is 23.0 Å². The Hall–Kier alpha value is -3.66. The summed E-state index contributed by atoms with van der Waals surface area (Å²) in [5, 5.41) is 0. The first-order valence-electron chi connectivity index (χ1n) is 11.2. The highest BCUT2D eigenvalue weighted by molar-refractivity contribution is 7.00. The molecule has 0 unspecified atom stereocenters. The van der Waals surface area contributed by atoms with Gasteiger partial charge >= 0.3 is 0 Å². The van der Waals surface area contributed by atoms with Crippen LogP contribution in [0.4, 0.5) is 17.1 Å². The molecule has 0 radical (unpaired) electrons. The predicted molar refractivity (Wildman–Crippen MR) is 131 cm³/mol. The van der Waals surface area contributed by atoms with Crippen LogP contribution in [0.1, 0.15) is 26.3 Å². The molecule has 3 aliphatic rings. The van der Waals surface area contributed by atoms with Crippen molar-refractivity contribution in [3.05, 3.63) is 84.4 Å². The zero-order chi connectivity index (χ0) is 21.6. The first-order valence-corrected chi connectivity index (χ1v) is 11.2. The summed E-state index contributed by atoms with van der Waals surface area (Å²) in [7, 11) is 0. The molecular formula is C28H22BNO2. The van der Waals surface area contributed by atoms with Gasteiger partial charge in [-0.2, -0.15) is 0 Å². The first-order chi connectivity index (χ1) is 15.5. The molecule has 4 aromatic rings. The molecule has 3 nitrogen and oxygen atoms in total. The van der Waals surface area contributed by atoms with Gasteiger partial charge in [0.25, 0.3) is 6.71 Å². The summed E-state index contributed by atoms with van der Waals surface area (Å²) in [4.78, 5) is 2.35. The van der Waals surface area contributed by atoms with E-state index in [1.165, 1.54) is 27.9 Å². The summed E-state index contributed by atoms with van der Waals surface area (Å²) in [6.07, 6.45) is 0. The molecule has 0 aliphatic carbocycles. The molecule has 0 spiro atoms. The highest BCUT2D eigenvalue weighted by atomic mass is 16.5. The third kappa shape index (κ3) is 2.27. The van der Waals surface area contributed by atoms with Gasteiger partial charge < -0.3 is 14.4 Å². The van der Waals surface area contributed by atoms with Crippen molar-refractivity contribution in [3.8, 4) is 23.0 Å². The molecule has 0 aromatic heterocycles. The van der Waals surface area contributed by atoms with Gasteiger partial charge in [-0.1, -0.05) is 51.1 Å². The molecule has 154 valence electrons. The van der Waals surface area contributed by atoms with Crippen molar-refractivity contribution in [1.29, 1.82) is 0 Å². The van der Waals surface area contributed by atoms with Gasteiger partial charge in [0.05, 0.1) is 0 Å². The van der Waals surface area contributed by atoms with Crippen LogP contribution in [0, 0.1) is 0 Å². The number of anilines is 3. The molecular weight excluding hydrogens is 393 g/mol. The van der Waals surface area contributed by atoms with Crippen molar-refractivity contribution in [3.63, 3.8) is 0 Å². The van der Waals surface area contributed by atoms with Crippen molar-refractivity contribution in [1.82, 2.24) is 0 Å². The highest BCUT2D eigenvalue weighted by Crippen LogP contribution is 2.45. The molecule has 0 atom stereocenters. The molecule has 4 heteroatoms. The first kappa shape index (κ1) is 18.0. The molecule has 0 saturated heterocycles. The second kappa shape index (κ2) is 5.98. The average molecular weight is 415 g/mol. The van der Waals surface area contributed by atoms with Crippen LogP contribution in [0.3, 0.4) is 0 Å². The van der Waals surface area contributed by atoms with Crippen molar-refractivity contribution < 1.29 is 9.47 Å². The number of ether oxygens (including phenoxy) is 2. The molecule has 3 heterocycles. The van der Waals surface area contributed by atoms with E-state index in [1.54, 1.807) is 0 Å². The van der Waals surface area contributed by atoms with E-state index in [-0.39, 0.29) is 12.1 Å². The maximum Gasteiger partial charge on any atom is 0.266 e. The Balaban J connectivity index is 1.51. The largest absolute Gasteiger partial charge is 0.458 e. The Labute approximate surface area is 188 Å². The van der Waals surface area contributed by atoms with E-state index in [9.17, 15) is 0 Å². The quantitative estimate of drug-likeness (QED) is 0.331. The van der Waals surface area contributed by atoms with Crippen LogP contribution in [0.25, 0.3) is 0 Å². The molecule has 0 N–H and O–H groups in total. The molecule has 0 amide bonds. The molecule has 0 fully saturated rings. The van der Waals surface area contributed by atoms with Crippen LogP contribution in [-0.4, -0.2) is 6.71 Å². The topological polar surface area (TPSA) is 21.7 Å². The van der Waals surface area contributed by atoms with Crippen molar-refractivity contribution in [2.45, 2.75) is 26.2 Å². The summed E-state index contributed by atoms with van der Waals surface area (Å²) < 4.78 is 12.8. The Morgan fingerprint density at radius 1 is 0.594 bits per heavy atom. The predicted octanol–water partition coefficient (Wildman–Crippen LogP) is 5.49. The van der Waals surface area contributed by atoms with Crippen LogP contribution in [0.2, 0.25) is 0 Å². The summed E-state index contributed by atoms with van der Waals surface area (Å²) in [5.41, 5.74) is 8.49. The van der Waals surface area contributed by atoms with Gasteiger partial charge in [-0.3, -0.25) is 0 Å². The summed E-state index contributed by atoms with van der Waals surface area (Å²) >= 11 is 0. The number of nitrogens with zero attached hydrogens (tertiary/aromatic N) is 1. The maximum absolute atomic E-state index is 6.39. The van der Waals surface area contributed by atoms with E-state index in [4.69, 9.17) is 9.47 Å². The van der Waals surface area contributed by atoms with E-state index in [2.05, 4.69) is 86.3 Å². The minimum Gasteiger partial charge on any atom is -0.458 e. The zero-order valence-corrected chi connectivity index (χ0v) is 18.3. The molecule has 0 bridgehead atoms. The highest BCUT2D eigenvalue weighted by Gasteiger charge is 2.47. The van der Waals surface area contributed by atoms with Crippen LogP contribution in [0.15, 0.2) is 78.9 Å². The molecule has 3 aliphatic heterocycles. The second-order valence-corrected chi connectivity index (χ2v) is 9.82. The standard InChI is InChI=1S/C28H22BNO2/c1-28(2,3)17-13-15-18(16-14-17)30-19-7-4-9-21-25(19)29-26-20(30)8-5-10-22(26)32-24-12-6-11-23(31-21)27(24)29/h4-16H,1-3H3. The van der Waals surface area contributed by atoms with E-state index < -0.39 is 0 Å². The lowest BCUT2D eigenvalue weighted by atomic mass is 9.33. The number of benzene rings is 4. The normalized spacial score (nSPS) is 14.5. The molecule has 0 saturated carbocycles. The maximum atomic E-state index is 6.39. The van der Waals surface area contributed by atoms with Crippen LogP contribution < -0.4 is 30.8 Å². The van der Waals surface area contributed by atoms with Gasteiger partial charge in [-0.15, -0.1) is 0 Å². The van der Waals surface area contributed by atoms with Crippen molar-refractivity contribution in [2.75, 3.05) is 4.90 Å². The fourth-order valence-electron chi connectivity index (χ4n) is 5.39. The smallest absolute Gasteiger partial charge is 0.266 e. The monoisotopic (exact) mass is 415 g/mol. The van der Waals surface area contributed by atoms with E-state index >= 15 is 0 Å². The minimum atomic E-state index is 0.116. The molecule has 4 aromatic carbocycles. The van der Waals surface area contributed by atoms with Crippen LogP contribution in [0.5, 0.6) is 23.0 Å². The van der Waals surface area contributed by atoms with E-state index in [0.717, 1.165) is 34.1 Å². The Kier molecular flexibility index (Phi) is 3.36. The van der Waals surface area contributed by atoms with Crippen molar-refractivity contribution >= 4 is 40.2 Å². The number of rotatable bonds is 1. The zero-order valence-electron chi connectivity index (χ0n) is 18.3. The Morgan fingerprint density at radius 3 is 1.56 bits per heavy atom. The van der Waals surface area contributed by atoms with Crippen molar-refractivity contribution in [2.24, 2.45) is 0 Å². The molecule has 7 rings (SSSR count). The third-order valence-electron chi connectivity index (χ3n) is 6.89. The van der Waals surface area contributed by atoms with E-state index in [0.29, 0.717) is 0 Å². The summed E-state index contributed by atoms with van der Waals surface area (Å²) in [6, 6.07) is 27.8. The number of hydrogen-bond donors (Lipinski definition) is 0. The fourth-order valence-corrected chi connectivity index (χ4v) is 5.39. The second-order valence-electron chi connectivity index (χ2n) is 9.82. The Morgan fingerprint density at radius 2 is 1.06 bits per heavy atom. The third-order valence-corrected chi connectivity index (χ3v) is 6.89.